The molecule has 66 heavy (non-hydrogen) atoms. The molecule has 6 nitrogen and oxygen atoms in total. The summed E-state index contributed by atoms with van der Waals surface area (Å²) in [7, 11) is 0. The van der Waals surface area contributed by atoms with Gasteiger partial charge in [-0.3, -0.25) is 14.4 Å². The first-order valence-electron chi connectivity index (χ1n) is 25.6. The van der Waals surface area contributed by atoms with Gasteiger partial charge >= 0.3 is 17.9 Å². The second-order valence-electron chi connectivity index (χ2n) is 16.1. The van der Waals surface area contributed by atoms with Crippen molar-refractivity contribution in [1.82, 2.24) is 0 Å². The summed E-state index contributed by atoms with van der Waals surface area (Å²) < 4.78 is 16.7. The number of unbranched alkanes of at least 4 members (excludes halogenated alkanes) is 12. The molecule has 0 N–H and O–H groups in total. The van der Waals surface area contributed by atoms with E-state index in [0.717, 1.165) is 96.3 Å². The van der Waals surface area contributed by atoms with Crippen molar-refractivity contribution in [2.75, 3.05) is 13.2 Å². The SMILES string of the molecule is CC\C=C/C=C\C=C/C=C\C=C\C=C/CCCCCC(=O)OCC(COC(=O)CCCCCCCC/C=C\C=C/CCCCC)OC(=O)CC/C=C\C/C=C\C/C=C\C/C=C\C/C=C\CC. The zero-order valence-electron chi connectivity index (χ0n) is 41.6. The van der Waals surface area contributed by atoms with E-state index in [0.29, 0.717) is 19.3 Å². The van der Waals surface area contributed by atoms with Gasteiger partial charge in [0, 0.05) is 19.3 Å². The van der Waals surface area contributed by atoms with Crippen LogP contribution in [-0.4, -0.2) is 37.2 Å². The van der Waals surface area contributed by atoms with Crippen LogP contribution in [0.2, 0.25) is 0 Å². The van der Waals surface area contributed by atoms with Gasteiger partial charge in [-0.1, -0.05) is 224 Å². The highest BCUT2D eigenvalue weighted by molar-refractivity contribution is 5.71. The minimum atomic E-state index is -0.849. The summed E-state index contributed by atoms with van der Waals surface area (Å²) in [5.41, 5.74) is 0. The molecule has 0 heterocycles. The van der Waals surface area contributed by atoms with Gasteiger partial charge in [0.25, 0.3) is 0 Å². The number of esters is 3. The van der Waals surface area contributed by atoms with E-state index in [4.69, 9.17) is 14.2 Å². The van der Waals surface area contributed by atoms with Gasteiger partial charge in [-0.05, 0) is 96.3 Å². The van der Waals surface area contributed by atoms with E-state index in [2.05, 4.69) is 106 Å². The summed E-state index contributed by atoms with van der Waals surface area (Å²) in [6.07, 6.45) is 76.6. The zero-order chi connectivity index (χ0) is 47.9. The molecule has 6 heteroatoms. The van der Waals surface area contributed by atoms with E-state index in [1.807, 2.05) is 72.9 Å². The second-order valence-corrected chi connectivity index (χ2v) is 16.1. The number of allylic oxidation sites excluding steroid dienone is 26. The van der Waals surface area contributed by atoms with Crippen molar-refractivity contribution < 1.29 is 28.6 Å². The number of hydrogen-bond donors (Lipinski definition) is 0. The van der Waals surface area contributed by atoms with E-state index in [1.54, 1.807) is 0 Å². The first-order chi connectivity index (χ1) is 32.5. The topological polar surface area (TPSA) is 78.9 Å². The molecule has 0 spiro atoms. The Kier molecular flexibility index (Phi) is 48.7. The van der Waals surface area contributed by atoms with Crippen molar-refractivity contribution in [3.05, 3.63) is 158 Å². The van der Waals surface area contributed by atoms with Crippen molar-refractivity contribution >= 4 is 17.9 Å². The summed E-state index contributed by atoms with van der Waals surface area (Å²) >= 11 is 0. The van der Waals surface area contributed by atoms with Crippen LogP contribution in [0.15, 0.2) is 158 Å². The van der Waals surface area contributed by atoms with Crippen LogP contribution < -0.4 is 0 Å². The van der Waals surface area contributed by atoms with Crippen molar-refractivity contribution in [2.45, 2.75) is 187 Å². The fourth-order valence-electron chi connectivity index (χ4n) is 6.16. The van der Waals surface area contributed by atoms with Crippen LogP contribution in [-0.2, 0) is 28.6 Å². The van der Waals surface area contributed by atoms with E-state index in [1.165, 1.54) is 32.1 Å². The maximum Gasteiger partial charge on any atom is 0.306 e. The fourth-order valence-corrected chi connectivity index (χ4v) is 6.16. The van der Waals surface area contributed by atoms with E-state index < -0.39 is 12.1 Å². The summed E-state index contributed by atoms with van der Waals surface area (Å²) in [5.74, 6) is -1.09. The van der Waals surface area contributed by atoms with Gasteiger partial charge in [-0.2, -0.15) is 0 Å². The third-order valence-corrected chi connectivity index (χ3v) is 9.95. The van der Waals surface area contributed by atoms with E-state index in [-0.39, 0.29) is 38.0 Å². The Morgan fingerprint density at radius 3 is 1.17 bits per heavy atom. The van der Waals surface area contributed by atoms with Gasteiger partial charge < -0.3 is 14.2 Å². The second kappa shape index (κ2) is 52.7. The molecule has 0 aromatic carbocycles. The highest BCUT2D eigenvalue weighted by Gasteiger charge is 2.19. The Morgan fingerprint density at radius 2 is 0.697 bits per heavy atom. The molecule has 0 saturated carbocycles. The maximum atomic E-state index is 12.8. The third-order valence-electron chi connectivity index (χ3n) is 9.95. The van der Waals surface area contributed by atoms with Crippen LogP contribution in [0, 0.1) is 0 Å². The molecule has 0 aromatic heterocycles. The van der Waals surface area contributed by atoms with Gasteiger partial charge in [0.2, 0.25) is 0 Å². The molecule has 0 aliphatic rings. The summed E-state index contributed by atoms with van der Waals surface area (Å²) in [4.78, 5) is 38.0. The lowest BCUT2D eigenvalue weighted by atomic mass is 10.1. The molecule has 0 aliphatic carbocycles. The maximum absolute atomic E-state index is 12.8. The van der Waals surface area contributed by atoms with Gasteiger partial charge in [-0.25, -0.2) is 0 Å². The molecule has 366 valence electrons. The number of carbonyl (C=O) groups excluding carboxylic acids is 3. The van der Waals surface area contributed by atoms with Gasteiger partial charge in [0.15, 0.2) is 6.10 Å². The Morgan fingerprint density at radius 1 is 0.333 bits per heavy atom. The minimum absolute atomic E-state index is 0.136. The van der Waals surface area contributed by atoms with Crippen molar-refractivity contribution in [1.29, 1.82) is 0 Å². The molecule has 0 aliphatic heterocycles. The normalized spacial score (nSPS) is 13.4. The zero-order valence-corrected chi connectivity index (χ0v) is 41.6. The summed E-state index contributed by atoms with van der Waals surface area (Å²) in [6.45, 7) is 6.20. The largest absolute Gasteiger partial charge is 0.462 e. The van der Waals surface area contributed by atoms with Crippen molar-refractivity contribution in [3.63, 3.8) is 0 Å². The number of hydrogen-bond acceptors (Lipinski definition) is 6. The number of carbonyl (C=O) groups is 3. The average molecular weight is 907 g/mol. The minimum Gasteiger partial charge on any atom is -0.462 e. The lowest BCUT2D eigenvalue weighted by Crippen LogP contribution is -2.30. The quantitative estimate of drug-likeness (QED) is 0.0199. The summed E-state index contributed by atoms with van der Waals surface area (Å²) in [6, 6.07) is 0. The standard InChI is InChI=1S/C60H90O6/c1-4-7-10-13-16-19-22-25-28-30-33-35-38-41-44-47-50-53-59(62)65-56-57(55-64-58(61)52-49-46-43-40-37-34-31-27-24-21-18-15-12-9-6-3)66-60(63)54-51-48-45-42-39-36-32-29-26-23-20-17-14-11-8-5-2/h7-8,10-11,13,16-22,24-30,33,35-36,38-39,45,48,57H,4-6,9,12,14-15,23,31-32,34,37,40-44,46-47,49-56H2,1-3H3/b10-7-,11-8-,16-13-,20-17-,21-18-,22-19-,27-24-,28-25-,29-26-,33-30+,38-35-,39-36-,48-45-. The molecule has 1 atom stereocenters. The van der Waals surface area contributed by atoms with Crippen LogP contribution in [0.1, 0.15) is 181 Å². The third kappa shape index (κ3) is 50.0. The highest BCUT2D eigenvalue weighted by atomic mass is 16.6. The van der Waals surface area contributed by atoms with Gasteiger partial charge in [0.05, 0.1) is 0 Å². The molecule has 0 amide bonds. The monoisotopic (exact) mass is 907 g/mol. The Balaban J connectivity index is 4.65. The molecule has 0 saturated heterocycles. The fraction of sp³-hybridized carbons (Fsp3) is 0.517. The first-order valence-corrected chi connectivity index (χ1v) is 25.6. The summed E-state index contributed by atoms with van der Waals surface area (Å²) in [5, 5.41) is 0. The van der Waals surface area contributed by atoms with Gasteiger partial charge in [-0.15, -0.1) is 0 Å². The Hall–Kier alpha value is -4.97. The first kappa shape index (κ1) is 61.0. The van der Waals surface area contributed by atoms with Crippen LogP contribution in [0.3, 0.4) is 0 Å². The van der Waals surface area contributed by atoms with Crippen LogP contribution in [0.5, 0.6) is 0 Å². The number of rotatable bonds is 43. The molecular formula is C60H90O6. The molecule has 0 rings (SSSR count). The van der Waals surface area contributed by atoms with Crippen LogP contribution in [0.4, 0.5) is 0 Å². The van der Waals surface area contributed by atoms with Crippen LogP contribution in [0.25, 0.3) is 0 Å². The average Bonchev–Trinajstić information content (AvgIpc) is 3.31. The Labute approximate surface area is 403 Å². The lowest BCUT2D eigenvalue weighted by molar-refractivity contribution is -0.166. The van der Waals surface area contributed by atoms with Crippen LogP contribution >= 0.6 is 0 Å². The molecular weight excluding hydrogens is 817 g/mol. The molecule has 0 bridgehead atoms. The predicted molar refractivity (Wildman–Crippen MR) is 283 cm³/mol. The Bertz CT molecular complexity index is 1560. The molecule has 0 radical (unpaired) electrons. The lowest BCUT2D eigenvalue weighted by Gasteiger charge is -2.18. The smallest absolute Gasteiger partial charge is 0.306 e. The molecule has 1 unspecified atom stereocenters. The van der Waals surface area contributed by atoms with Gasteiger partial charge in [0.1, 0.15) is 13.2 Å². The highest BCUT2D eigenvalue weighted by Crippen LogP contribution is 2.11. The van der Waals surface area contributed by atoms with E-state index >= 15 is 0 Å². The van der Waals surface area contributed by atoms with Crippen molar-refractivity contribution in [3.8, 4) is 0 Å². The predicted octanol–water partition coefficient (Wildman–Crippen LogP) is 17.0. The molecule has 0 aromatic rings. The van der Waals surface area contributed by atoms with Crippen molar-refractivity contribution in [2.24, 2.45) is 0 Å². The number of ether oxygens (including phenoxy) is 3. The van der Waals surface area contributed by atoms with E-state index in [9.17, 15) is 14.4 Å². The molecule has 0 fully saturated rings.